The second kappa shape index (κ2) is 8.95. The zero-order valence-corrected chi connectivity index (χ0v) is 16.2. The highest BCUT2D eigenvalue weighted by Gasteiger charge is 2.32. The van der Waals surface area contributed by atoms with E-state index in [1.165, 1.54) is 16.7 Å². The number of hydrogen-bond acceptors (Lipinski definition) is 5. The summed E-state index contributed by atoms with van der Waals surface area (Å²) in [6.07, 6.45) is 2.06. The van der Waals surface area contributed by atoms with Gasteiger partial charge in [-0.3, -0.25) is 14.5 Å². The summed E-state index contributed by atoms with van der Waals surface area (Å²) < 4.78 is 0.395. The molecule has 8 heteroatoms. The summed E-state index contributed by atoms with van der Waals surface area (Å²) in [5.74, 6) is -1.73. The van der Waals surface area contributed by atoms with Crippen LogP contribution < -0.4 is 5.32 Å². The molecule has 0 aromatic heterocycles. The number of aryl methyl sites for hydroxylation is 1. The molecule has 0 radical (unpaired) electrons. The minimum Gasteiger partial charge on any atom is -0.480 e. The molecule has 0 spiro atoms. The number of hydrogen-bond donors (Lipinski definition) is 2. The van der Waals surface area contributed by atoms with Crippen molar-refractivity contribution in [3.8, 4) is 0 Å². The summed E-state index contributed by atoms with van der Waals surface area (Å²) in [4.78, 5) is 37.3. The molecule has 1 saturated heterocycles. The van der Waals surface area contributed by atoms with E-state index in [1.807, 2.05) is 31.2 Å². The van der Waals surface area contributed by atoms with Gasteiger partial charge in [-0.2, -0.15) is 0 Å². The SMILES string of the molecule is CC[C@H](NC(=O)CCN1C(=O)/C(=C\c2ccc(C)cc2)SC1=S)C(=O)O. The Balaban J connectivity index is 1.97. The van der Waals surface area contributed by atoms with Crippen molar-refractivity contribution in [3.63, 3.8) is 0 Å². The maximum absolute atomic E-state index is 12.5. The van der Waals surface area contributed by atoms with Gasteiger partial charge in [0.15, 0.2) is 0 Å². The van der Waals surface area contributed by atoms with Gasteiger partial charge in [-0.1, -0.05) is 60.7 Å². The molecule has 2 rings (SSSR count). The van der Waals surface area contributed by atoms with Gasteiger partial charge in [0.2, 0.25) is 5.91 Å². The van der Waals surface area contributed by atoms with Gasteiger partial charge >= 0.3 is 5.97 Å². The van der Waals surface area contributed by atoms with E-state index in [4.69, 9.17) is 17.3 Å². The summed E-state index contributed by atoms with van der Waals surface area (Å²) in [5, 5.41) is 11.4. The number of carbonyl (C=O) groups is 3. The Morgan fingerprint density at radius 3 is 2.58 bits per heavy atom. The van der Waals surface area contributed by atoms with E-state index in [0.29, 0.717) is 15.6 Å². The first-order chi connectivity index (χ1) is 12.3. The second-order valence-electron chi connectivity index (χ2n) is 5.86. The van der Waals surface area contributed by atoms with Crippen LogP contribution in [0.5, 0.6) is 0 Å². The summed E-state index contributed by atoms with van der Waals surface area (Å²) >= 11 is 6.44. The van der Waals surface area contributed by atoms with Crippen molar-refractivity contribution >= 4 is 52.2 Å². The number of rotatable bonds is 7. The monoisotopic (exact) mass is 392 g/mol. The van der Waals surface area contributed by atoms with Crippen LogP contribution in [0.3, 0.4) is 0 Å². The summed E-state index contributed by atoms with van der Waals surface area (Å²) in [6.45, 7) is 3.79. The lowest BCUT2D eigenvalue weighted by molar-refractivity contribution is -0.142. The van der Waals surface area contributed by atoms with E-state index in [2.05, 4.69) is 5.32 Å². The van der Waals surface area contributed by atoms with Crippen LogP contribution in [0.15, 0.2) is 29.2 Å². The average Bonchev–Trinajstić information content (AvgIpc) is 2.86. The van der Waals surface area contributed by atoms with Crippen LogP contribution in [0.2, 0.25) is 0 Å². The van der Waals surface area contributed by atoms with Crippen LogP contribution in [-0.4, -0.2) is 44.7 Å². The molecule has 0 bridgehead atoms. The Morgan fingerprint density at radius 2 is 2.00 bits per heavy atom. The minimum absolute atomic E-state index is 0.00592. The summed E-state index contributed by atoms with van der Waals surface area (Å²) in [5.41, 5.74) is 2.04. The number of thiocarbonyl (C=S) groups is 1. The van der Waals surface area contributed by atoms with Crippen molar-refractivity contribution in [1.29, 1.82) is 0 Å². The predicted octanol–water partition coefficient (Wildman–Crippen LogP) is 2.57. The van der Waals surface area contributed by atoms with Crippen LogP contribution in [0, 0.1) is 6.92 Å². The Bertz CT molecular complexity index is 759. The first-order valence-corrected chi connectivity index (χ1v) is 9.38. The van der Waals surface area contributed by atoms with Crippen molar-refractivity contribution in [1.82, 2.24) is 10.2 Å². The molecule has 26 heavy (non-hydrogen) atoms. The molecule has 1 aromatic carbocycles. The van der Waals surface area contributed by atoms with E-state index in [1.54, 1.807) is 13.0 Å². The fraction of sp³-hybridized carbons (Fsp3) is 0.333. The van der Waals surface area contributed by atoms with E-state index < -0.39 is 17.9 Å². The number of nitrogens with zero attached hydrogens (tertiary/aromatic N) is 1. The number of carbonyl (C=O) groups excluding carboxylic acids is 2. The van der Waals surface area contributed by atoms with E-state index >= 15 is 0 Å². The lowest BCUT2D eigenvalue weighted by Gasteiger charge is -2.16. The first kappa shape index (κ1) is 20.1. The molecule has 1 aliphatic rings. The van der Waals surface area contributed by atoms with Crippen molar-refractivity contribution in [3.05, 3.63) is 40.3 Å². The number of carboxylic acid groups (broad SMARTS) is 1. The fourth-order valence-electron chi connectivity index (χ4n) is 2.33. The molecule has 6 nitrogen and oxygen atoms in total. The molecule has 1 aliphatic heterocycles. The third kappa shape index (κ3) is 5.15. The summed E-state index contributed by atoms with van der Waals surface area (Å²) in [7, 11) is 0. The standard InChI is InChI=1S/C18H20N2O4S2/c1-3-13(17(23)24)19-15(21)8-9-20-16(22)14(26-18(20)25)10-12-6-4-11(2)5-7-12/h4-7,10,13H,3,8-9H2,1-2H3,(H,19,21)(H,23,24)/b14-10+/t13-/m0/s1. The number of carboxylic acids is 1. The smallest absolute Gasteiger partial charge is 0.326 e. The zero-order chi connectivity index (χ0) is 19.3. The molecule has 0 aliphatic carbocycles. The molecule has 138 valence electrons. The fourth-order valence-corrected chi connectivity index (χ4v) is 3.63. The Kier molecular flexibility index (Phi) is 6.93. The first-order valence-electron chi connectivity index (χ1n) is 8.16. The topological polar surface area (TPSA) is 86.7 Å². The number of benzene rings is 1. The quantitative estimate of drug-likeness (QED) is 0.548. The molecular formula is C18H20N2O4S2. The molecule has 1 aromatic rings. The van der Waals surface area contributed by atoms with Crippen LogP contribution >= 0.6 is 24.0 Å². The van der Waals surface area contributed by atoms with E-state index in [-0.39, 0.29) is 18.9 Å². The number of thioether (sulfide) groups is 1. The highest BCUT2D eigenvalue weighted by atomic mass is 32.2. The largest absolute Gasteiger partial charge is 0.480 e. The van der Waals surface area contributed by atoms with Crippen molar-refractivity contribution < 1.29 is 19.5 Å². The molecule has 0 unspecified atom stereocenters. The van der Waals surface area contributed by atoms with Gasteiger partial charge in [-0.05, 0) is 25.0 Å². The van der Waals surface area contributed by atoms with Crippen molar-refractivity contribution in [2.75, 3.05) is 6.54 Å². The second-order valence-corrected chi connectivity index (χ2v) is 7.54. The van der Waals surface area contributed by atoms with Gasteiger partial charge in [0, 0.05) is 13.0 Å². The van der Waals surface area contributed by atoms with Crippen molar-refractivity contribution in [2.45, 2.75) is 32.7 Å². The van der Waals surface area contributed by atoms with Crippen LogP contribution in [-0.2, 0) is 14.4 Å². The molecule has 1 fully saturated rings. The maximum atomic E-state index is 12.5. The van der Waals surface area contributed by atoms with Crippen molar-refractivity contribution in [2.24, 2.45) is 0 Å². The van der Waals surface area contributed by atoms with E-state index in [9.17, 15) is 14.4 Å². The molecule has 1 atom stereocenters. The average molecular weight is 393 g/mol. The molecule has 2 N–H and O–H groups in total. The molecular weight excluding hydrogens is 372 g/mol. The lowest BCUT2D eigenvalue weighted by Crippen LogP contribution is -2.42. The van der Waals surface area contributed by atoms with Crippen LogP contribution in [0.25, 0.3) is 6.08 Å². The normalized spacial score (nSPS) is 16.8. The number of aliphatic carboxylic acids is 1. The molecule has 1 heterocycles. The third-order valence-corrected chi connectivity index (χ3v) is 5.23. The molecule has 2 amide bonds. The Labute approximate surface area is 161 Å². The van der Waals surface area contributed by atoms with Crippen LogP contribution in [0.1, 0.15) is 30.9 Å². The zero-order valence-electron chi connectivity index (χ0n) is 14.5. The van der Waals surface area contributed by atoms with Crippen LogP contribution in [0.4, 0.5) is 0 Å². The predicted molar refractivity (Wildman–Crippen MR) is 106 cm³/mol. The Hall–Kier alpha value is -2.19. The Morgan fingerprint density at radius 1 is 1.35 bits per heavy atom. The van der Waals surface area contributed by atoms with E-state index in [0.717, 1.165) is 11.1 Å². The molecule has 0 saturated carbocycles. The maximum Gasteiger partial charge on any atom is 0.326 e. The van der Waals surface area contributed by atoms with Gasteiger partial charge < -0.3 is 10.4 Å². The highest BCUT2D eigenvalue weighted by Crippen LogP contribution is 2.32. The van der Waals surface area contributed by atoms with Gasteiger partial charge in [-0.25, -0.2) is 4.79 Å². The number of amides is 2. The van der Waals surface area contributed by atoms with Gasteiger partial charge in [0.25, 0.3) is 5.91 Å². The van der Waals surface area contributed by atoms with Gasteiger partial charge in [-0.15, -0.1) is 0 Å². The summed E-state index contributed by atoms with van der Waals surface area (Å²) in [6, 6.07) is 6.85. The lowest BCUT2D eigenvalue weighted by atomic mass is 10.1. The minimum atomic E-state index is -1.08. The third-order valence-electron chi connectivity index (χ3n) is 3.85. The number of nitrogens with one attached hydrogen (secondary N) is 1. The van der Waals surface area contributed by atoms with Gasteiger partial charge in [0.1, 0.15) is 10.4 Å². The highest BCUT2D eigenvalue weighted by molar-refractivity contribution is 8.26. The van der Waals surface area contributed by atoms with Gasteiger partial charge in [0.05, 0.1) is 4.91 Å².